The average molecular weight is 990 g/mol. The summed E-state index contributed by atoms with van der Waals surface area (Å²) in [6, 6.07) is 34.6. The number of carboxylic acids is 1. The van der Waals surface area contributed by atoms with Crippen LogP contribution in [0, 0.1) is 48.1 Å². The Morgan fingerprint density at radius 3 is 1.44 bits per heavy atom. The molecule has 6 aromatic carbocycles. The third-order valence-corrected chi connectivity index (χ3v) is 12.3. The van der Waals surface area contributed by atoms with E-state index in [1.54, 1.807) is 105 Å². The number of pyridine rings is 2. The Morgan fingerprint density at radius 1 is 0.620 bits per heavy atom. The van der Waals surface area contributed by atoms with E-state index in [4.69, 9.17) is 38.5 Å². The molecule has 16 heteroatoms. The highest BCUT2D eigenvalue weighted by Crippen LogP contribution is 2.36. The van der Waals surface area contributed by atoms with E-state index < -0.39 is 47.5 Å². The van der Waals surface area contributed by atoms with Gasteiger partial charge in [-0.1, -0.05) is 96.0 Å². The Bertz CT molecular complexity index is 3460. The summed E-state index contributed by atoms with van der Waals surface area (Å²) in [6.07, 6.45) is 3.31. The quantitative estimate of drug-likeness (QED) is 0.0991. The molecule has 0 aliphatic carbocycles. The fourth-order valence-corrected chi connectivity index (χ4v) is 8.70. The Labute approximate surface area is 416 Å². The number of carboxylic acid groups (broad SMARTS) is 1. The second-order valence-corrected chi connectivity index (χ2v) is 17.0. The van der Waals surface area contributed by atoms with Crippen molar-refractivity contribution in [3.63, 3.8) is 0 Å². The van der Waals surface area contributed by atoms with Crippen LogP contribution in [0.1, 0.15) is 54.1 Å². The molecule has 354 valence electrons. The van der Waals surface area contributed by atoms with Gasteiger partial charge in [-0.25, -0.2) is 18.4 Å². The number of fused-ring (bicyclic) bond motifs is 2. The summed E-state index contributed by atoms with van der Waals surface area (Å²) >= 11 is 12.9. The van der Waals surface area contributed by atoms with Crippen LogP contribution in [0.5, 0.6) is 0 Å². The molecule has 12 nitrogen and oxygen atoms in total. The molecule has 0 fully saturated rings. The Morgan fingerprint density at radius 2 is 1.04 bits per heavy atom. The molecule has 0 spiro atoms. The van der Waals surface area contributed by atoms with E-state index in [1.165, 1.54) is 25.3 Å². The van der Waals surface area contributed by atoms with Gasteiger partial charge < -0.3 is 20.5 Å². The lowest BCUT2D eigenvalue weighted by molar-refractivity contribution is -0.143. The van der Waals surface area contributed by atoms with E-state index in [0.717, 1.165) is 28.1 Å². The maximum Gasteiger partial charge on any atom is 0.328 e. The summed E-state index contributed by atoms with van der Waals surface area (Å²) in [7, 11) is 1.23. The highest BCUT2D eigenvalue weighted by Gasteiger charge is 2.28. The molecule has 71 heavy (non-hydrogen) atoms. The van der Waals surface area contributed by atoms with Gasteiger partial charge in [0.05, 0.1) is 52.5 Å². The molecular formula is C55H40Cl2F2N6O6. The number of nitriles is 2. The number of halogens is 4. The molecule has 8 rings (SSSR count). The first-order chi connectivity index (χ1) is 34.1. The maximum atomic E-state index is 14.3. The average Bonchev–Trinajstić information content (AvgIpc) is 3.36. The fourth-order valence-electron chi connectivity index (χ4n) is 8.14. The van der Waals surface area contributed by atoms with E-state index in [9.17, 15) is 33.1 Å². The number of ether oxygens (including phenoxy) is 1. The molecule has 2 amide bonds. The minimum Gasteiger partial charge on any atom is -0.480 e. The van der Waals surface area contributed by atoms with Crippen LogP contribution in [0.3, 0.4) is 0 Å². The molecule has 0 radical (unpaired) electrons. The molecule has 0 saturated heterocycles. The van der Waals surface area contributed by atoms with E-state index in [0.29, 0.717) is 65.4 Å². The van der Waals surface area contributed by atoms with Crippen molar-refractivity contribution in [1.29, 1.82) is 10.5 Å². The highest BCUT2D eigenvalue weighted by molar-refractivity contribution is 6.34. The number of hydrogen-bond donors (Lipinski definition) is 3. The first-order valence-corrected chi connectivity index (χ1v) is 22.4. The molecule has 0 aliphatic rings. The third-order valence-electron chi connectivity index (χ3n) is 11.6. The monoisotopic (exact) mass is 988 g/mol. The number of nitrogens with one attached hydrogen (secondary N) is 2. The lowest BCUT2D eigenvalue weighted by Gasteiger charge is -2.19. The summed E-state index contributed by atoms with van der Waals surface area (Å²) in [6.45, 7) is 3.21. The lowest BCUT2D eigenvalue weighted by atomic mass is 9.94. The topological polar surface area (TPSA) is 195 Å². The number of amides is 2. The van der Waals surface area contributed by atoms with Crippen LogP contribution in [0.15, 0.2) is 134 Å². The summed E-state index contributed by atoms with van der Waals surface area (Å²) in [5.41, 5.74) is 6.89. The summed E-state index contributed by atoms with van der Waals surface area (Å²) < 4.78 is 33.5. The van der Waals surface area contributed by atoms with Gasteiger partial charge in [-0.05, 0) is 84.6 Å². The summed E-state index contributed by atoms with van der Waals surface area (Å²) in [5.74, 6) is -4.79. The zero-order chi connectivity index (χ0) is 50.9. The van der Waals surface area contributed by atoms with Crippen molar-refractivity contribution in [2.45, 2.75) is 38.8 Å². The number of nitrogens with zero attached hydrogens (tertiary/aromatic N) is 4. The second kappa shape index (κ2) is 22.2. The van der Waals surface area contributed by atoms with Crippen molar-refractivity contribution >= 4 is 68.8 Å². The molecule has 0 saturated carbocycles. The maximum absolute atomic E-state index is 14.3. The molecule has 2 atom stereocenters. The molecule has 3 N–H and O–H groups in total. The molecule has 0 unspecified atom stereocenters. The molecule has 2 heterocycles. The third kappa shape index (κ3) is 11.2. The Balaban J connectivity index is 0.000000209. The minimum absolute atomic E-state index is 0.0435. The van der Waals surface area contributed by atoms with Gasteiger partial charge in [0.2, 0.25) is 0 Å². The molecule has 2 aromatic heterocycles. The van der Waals surface area contributed by atoms with Crippen LogP contribution in [-0.4, -0.2) is 58.0 Å². The van der Waals surface area contributed by atoms with E-state index in [2.05, 4.69) is 26.7 Å². The van der Waals surface area contributed by atoms with Crippen molar-refractivity contribution in [3.8, 4) is 34.4 Å². The van der Waals surface area contributed by atoms with E-state index in [1.807, 2.05) is 24.3 Å². The minimum atomic E-state index is -1.30. The van der Waals surface area contributed by atoms with Gasteiger partial charge in [-0.15, -0.1) is 0 Å². The van der Waals surface area contributed by atoms with Crippen LogP contribution < -0.4 is 10.6 Å². The summed E-state index contributed by atoms with van der Waals surface area (Å²) in [4.78, 5) is 59.2. The number of aliphatic carboxylic acids is 1. The number of carbonyl (C=O) groups is 4. The first-order valence-electron chi connectivity index (χ1n) is 21.7. The molecule has 8 aromatic rings. The standard InChI is InChI=1S/C28H21ClFN3O3.C27H19ClFN3O3/c1-16-5-3-7-23(30)25(16)27(34)33-24(28(35)36-2)14-18-9-11-21(26-19(18)6-4-12-32-26)20-10-8-17(15-31)13-22(20)29;1-15-4-2-6-22(29)24(15)26(33)32-23(27(34)35)13-17-8-10-20(25-18(17)5-3-11-31-25)19-9-7-16(14-30)12-21(19)28/h3-13,24H,14H2,1-2H3,(H,33,34);2-12,23H,13H2,1H3,(H,32,33)(H,34,35)/t24-;23-/m00/s1. The predicted octanol–water partition coefficient (Wildman–Crippen LogP) is 10.7. The van der Waals surface area contributed by atoms with Crippen molar-refractivity contribution in [3.05, 3.63) is 200 Å². The smallest absolute Gasteiger partial charge is 0.328 e. The van der Waals surface area contributed by atoms with Crippen molar-refractivity contribution in [1.82, 2.24) is 20.6 Å². The number of hydrogen-bond acceptors (Lipinski definition) is 9. The normalized spacial score (nSPS) is 11.6. The van der Waals surface area contributed by atoms with Gasteiger partial charge in [0.1, 0.15) is 23.7 Å². The molecule has 0 bridgehead atoms. The van der Waals surface area contributed by atoms with Crippen LogP contribution in [-0.2, 0) is 27.2 Å². The Hall–Kier alpha value is -8.56. The van der Waals surface area contributed by atoms with Crippen molar-refractivity contribution in [2.24, 2.45) is 0 Å². The first kappa shape index (κ1) is 50.3. The van der Waals surface area contributed by atoms with Crippen LogP contribution >= 0.6 is 23.2 Å². The van der Waals surface area contributed by atoms with Gasteiger partial charge in [0.25, 0.3) is 11.8 Å². The number of carbonyl (C=O) groups excluding carboxylic acids is 3. The SMILES string of the molecule is COC(=O)[C@H](Cc1ccc(-c2ccc(C#N)cc2Cl)c2ncccc12)NC(=O)c1c(C)cccc1F.Cc1cccc(F)c1C(=O)N[C@@H](Cc1ccc(-c2ccc(C#N)cc2Cl)c2ncccc12)C(=O)O. The second-order valence-electron chi connectivity index (χ2n) is 16.1. The number of aryl methyl sites for hydroxylation is 2. The number of benzene rings is 6. The predicted molar refractivity (Wildman–Crippen MR) is 266 cm³/mol. The van der Waals surface area contributed by atoms with Crippen molar-refractivity contribution < 1.29 is 37.8 Å². The molecule has 0 aliphatic heterocycles. The van der Waals surface area contributed by atoms with Crippen LogP contribution in [0.2, 0.25) is 10.0 Å². The van der Waals surface area contributed by atoms with E-state index >= 15 is 0 Å². The number of rotatable bonds is 12. The van der Waals surface area contributed by atoms with Gasteiger partial charge in [-0.3, -0.25) is 19.6 Å². The van der Waals surface area contributed by atoms with Crippen LogP contribution in [0.4, 0.5) is 8.78 Å². The number of esters is 1. The summed E-state index contributed by atoms with van der Waals surface area (Å²) in [5, 5.41) is 35.3. The zero-order valence-electron chi connectivity index (χ0n) is 38.1. The Kier molecular flexibility index (Phi) is 15.8. The number of aromatic nitrogens is 2. The largest absolute Gasteiger partial charge is 0.480 e. The number of methoxy groups -OCH3 is 1. The zero-order valence-corrected chi connectivity index (χ0v) is 39.6. The van der Waals surface area contributed by atoms with Crippen molar-refractivity contribution in [2.75, 3.05) is 7.11 Å². The van der Waals surface area contributed by atoms with E-state index in [-0.39, 0.29) is 24.0 Å². The van der Waals surface area contributed by atoms with Gasteiger partial charge in [0, 0.05) is 68.3 Å². The fraction of sp³-hybridized carbons (Fsp3) is 0.127. The van der Waals surface area contributed by atoms with Gasteiger partial charge >= 0.3 is 11.9 Å². The van der Waals surface area contributed by atoms with Crippen LogP contribution in [0.25, 0.3) is 44.1 Å². The lowest BCUT2D eigenvalue weighted by Crippen LogP contribution is -2.43. The van der Waals surface area contributed by atoms with Gasteiger partial charge in [0.15, 0.2) is 0 Å². The van der Waals surface area contributed by atoms with Gasteiger partial charge in [-0.2, -0.15) is 10.5 Å². The highest BCUT2D eigenvalue weighted by atomic mass is 35.5. The molecular weight excluding hydrogens is 950 g/mol.